The molecule has 3 aromatic rings. The van der Waals surface area contributed by atoms with E-state index in [2.05, 4.69) is 10.3 Å². The van der Waals surface area contributed by atoms with Crippen LogP contribution in [-0.4, -0.2) is 30.6 Å². The number of carbonyl (C=O) groups is 2. The largest absolute Gasteiger partial charge is 0.497 e. The molecule has 1 aromatic heterocycles. The lowest BCUT2D eigenvalue weighted by Gasteiger charge is -2.07. The molecule has 28 heavy (non-hydrogen) atoms. The minimum atomic E-state index is -0.522. The van der Waals surface area contributed by atoms with Gasteiger partial charge in [0.1, 0.15) is 5.75 Å². The molecule has 6 nitrogen and oxygen atoms in total. The Morgan fingerprint density at radius 3 is 2.54 bits per heavy atom. The third-order valence-electron chi connectivity index (χ3n) is 4.07. The van der Waals surface area contributed by atoms with Gasteiger partial charge in [0.05, 0.1) is 18.4 Å². The van der Waals surface area contributed by atoms with Crippen LogP contribution >= 0.6 is 11.3 Å². The molecule has 2 aromatic carbocycles. The van der Waals surface area contributed by atoms with Crippen molar-refractivity contribution in [3.8, 4) is 17.0 Å². The van der Waals surface area contributed by atoms with Crippen molar-refractivity contribution in [2.45, 2.75) is 13.8 Å². The van der Waals surface area contributed by atoms with Crippen LogP contribution in [0.1, 0.15) is 21.5 Å². The minimum absolute atomic E-state index is 0.371. The van der Waals surface area contributed by atoms with E-state index in [4.69, 9.17) is 9.47 Å². The number of thiazole rings is 1. The number of nitrogens with one attached hydrogen (secondary N) is 1. The van der Waals surface area contributed by atoms with E-state index >= 15 is 0 Å². The molecule has 1 heterocycles. The molecule has 0 aliphatic carbocycles. The minimum Gasteiger partial charge on any atom is -0.497 e. The zero-order chi connectivity index (χ0) is 20.1. The average molecular weight is 396 g/mol. The Morgan fingerprint density at radius 1 is 1.11 bits per heavy atom. The number of esters is 1. The smallest absolute Gasteiger partial charge is 0.338 e. The number of ether oxygens (including phenoxy) is 2. The van der Waals surface area contributed by atoms with Gasteiger partial charge in [-0.1, -0.05) is 17.7 Å². The molecule has 0 fully saturated rings. The second-order valence-corrected chi connectivity index (χ2v) is 7.07. The molecule has 0 unspecified atom stereocenters. The van der Waals surface area contributed by atoms with Crippen LogP contribution in [0.4, 0.5) is 5.13 Å². The maximum atomic E-state index is 12.1. The highest BCUT2D eigenvalue weighted by Crippen LogP contribution is 2.26. The van der Waals surface area contributed by atoms with Crippen LogP contribution in [0.2, 0.25) is 0 Å². The number of amides is 1. The van der Waals surface area contributed by atoms with E-state index in [-0.39, 0.29) is 6.61 Å². The normalized spacial score (nSPS) is 10.4. The summed E-state index contributed by atoms with van der Waals surface area (Å²) in [7, 11) is 1.61. The molecule has 0 aliphatic rings. The third-order valence-corrected chi connectivity index (χ3v) is 4.83. The highest BCUT2D eigenvalue weighted by Gasteiger charge is 2.14. The molecule has 1 amide bonds. The highest BCUT2D eigenvalue weighted by molar-refractivity contribution is 7.14. The summed E-state index contributed by atoms with van der Waals surface area (Å²) in [6, 6.07) is 12.9. The summed E-state index contributed by atoms with van der Waals surface area (Å²) in [6.07, 6.45) is 0. The monoisotopic (exact) mass is 396 g/mol. The fourth-order valence-electron chi connectivity index (χ4n) is 2.63. The average Bonchev–Trinajstić information content (AvgIpc) is 3.14. The number of aryl methyl sites for hydroxylation is 2. The van der Waals surface area contributed by atoms with E-state index in [1.807, 2.05) is 55.6 Å². The maximum absolute atomic E-state index is 12.1. The topological polar surface area (TPSA) is 77.5 Å². The van der Waals surface area contributed by atoms with Gasteiger partial charge in [0.25, 0.3) is 5.91 Å². The van der Waals surface area contributed by atoms with E-state index in [0.29, 0.717) is 10.7 Å². The van der Waals surface area contributed by atoms with Crippen LogP contribution in [0.25, 0.3) is 11.3 Å². The molecule has 3 rings (SSSR count). The summed E-state index contributed by atoms with van der Waals surface area (Å²) in [5.74, 6) is -0.197. The molecule has 0 saturated carbocycles. The highest BCUT2D eigenvalue weighted by atomic mass is 32.1. The molecule has 0 aliphatic heterocycles. The molecule has 144 valence electrons. The molecular formula is C21H20N2O4S. The number of hydrogen-bond acceptors (Lipinski definition) is 6. The van der Waals surface area contributed by atoms with Crippen LogP contribution in [0.15, 0.2) is 47.8 Å². The van der Waals surface area contributed by atoms with E-state index in [9.17, 15) is 9.59 Å². The fraction of sp³-hybridized carbons (Fsp3) is 0.190. The van der Waals surface area contributed by atoms with E-state index in [0.717, 1.165) is 28.1 Å². The van der Waals surface area contributed by atoms with Crippen molar-refractivity contribution >= 4 is 28.3 Å². The zero-order valence-electron chi connectivity index (χ0n) is 15.8. The van der Waals surface area contributed by atoms with Crippen molar-refractivity contribution in [1.82, 2.24) is 4.98 Å². The molecule has 7 heteroatoms. The second kappa shape index (κ2) is 8.67. The number of methoxy groups -OCH3 is 1. The van der Waals surface area contributed by atoms with Crippen molar-refractivity contribution in [2.75, 3.05) is 19.0 Å². The summed E-state index contributed by atoms with van der Waals surface area (Å²) in [5.41, 5.74) is 3.99. The van der Waals surface area contributed by atoms with Gasteiger partial charge in [0.15, 0.2) is 11.7 Å². The standard InChI is InChI=1S/C21H20N2O4S/c1-13-4-9-17(14(2)10-13)20(25)27-11-19(24)23-21-22-18(12-28-21)15-5-7-16(26-3)8-6-15/h4-10,12H,11H2,1-3H3,(H,22,23,24). The van der Waals surface area contributed by atoms with Gasteiger partial charge in [-0.2, -0.15) is 0 Å². The number of aromatic nitrogens is 1. The molecular weight excluding hydrogens is 376 g/mol. The summed E-state index contributed by atoms with van der Waals surface area (Å²) >= 11 is 1.30. The second-order valence-electron chi connectivity index (χ2n) is 6.21. The van der Waals surface area contributed by atoms with Gasteiger partial charge in [-0.25, -0.2) is 9.78 Å². The zero-order valence-corrected chi connectivity index (χ0v) is 16.6. The molecule has 0 bridgehead atoms. The van der Waals surface area contributed by atoms with Gasteiger partial charge in [0.2, 0.25) is 0 Å². The lowest BCUT2D eigenvalue weighted by atomic mass is 10.1. The Kier molecular flexibility index (Phi) is 6.06. The van der Waals surface area contributed by atoms with Crippen molar-refractivity contribution < 1.29 is 19.1 Å². The van der Waals surface area contributed by atoms with Crippen molar-refractivity contribution in [3.63, 3.8) is 0 Å². The van der Waals surface area contributed by atoms with Gasteiger partial charge in [-0.15, -0.1) is 11.3 Å². The first-order valence-electron chi connectivity index (χ1n) is 8.60. The maximum Gasteiger partial charge on any atom is 0.338 e. The fourth-order valence-corrected chi connectivity index (χ4v) is 3.37. The Bertz CT molecular complexity index is 996. The third kappa shape index (κ3) is 4.75. The van der Waals surface area contributed by atoms with Crippen molar-refractivity contribution in [2.24, 2.45) is 0 Å². The van der Waals surface area contributed by atoms with Gasteiger partial charge in [-0.3, -0.25) is 10.1 Å². The van der Waals surface area contributed by atoms with E-state index in [1.54, 1.807) is 13.2 Å². The first kappa shape index (κ1) is 19.6. The molecule has 0 radical (unpaired) electrons. The number of rotatable bonds is 6. The predicted molar refractivity (Wildman–Crippen MR) is 109 cm³/mol. The van der Waals surface area contributed by atoms with Gasteiger partial charge < -0.3 is 9.47 Å². The number of carbonyl (C=O) groups excluding carboxylic acids is 2. The van der Waals surface area contributed by atoms with Gasteiger partial charge in [-0.05, 0) is 49.7 Å². The van der Waals surface area contributed by atoms with Crippen LogP contribution < -0.4 is 10.1 Å². The van der Waals surface area contributed by atoms with Crippen LogP contribution in [0.3, 0.4) is 0 Å². The predicted octanol–water partition coefficient (Wildman–Crippen LogP) is 4.23. The lowest BCUT2D eigenvalue weighted by molar-refractivity contribution is -0.119. The Labute approximate surface area is 167 Å². The first-order chi connectivity index (χ1) is 13.5. The summed E-state index contributed by atoms with van der Waals surface area (Å²) in [5, 5.41) is 4.94. The molecule has 0 spiro atoms. The lowest BCUT2D eigenvalue weighted by Crippen LogP contribution is -2.21. The van der Waals surface area contributed by atoms with Crippen molar-refractivity contribution in [3.05, 3.63) is 64.5 Å². The van der Waals surface area contributed by atoms with Crippen LogP contribution in [0.5, 0.6) is 5.75 Å². The molecule has 0 saturated heterocycles. The summed E-state index contributed by atoms with van der Waals surface area (Å²) in [4.78, 5) is 28.6. The van der Waals surface area contributed by atoms with E-state index in [1.165, 1.54) is 11.3 Å². The number of benzene rings is 2. The SMILES string of the molecule is COc1ccc(-c2csc(NC(=O)COC(=O)c3ccc(C)cc3C)n2)cc1. The summed E-state index contributed by atoms with van der Waals surface area (Å²) < 4.78 is 10.2. The quantitative estimate of drug-likeness (QED) is 0.631. The summed E-state index contributed by atoms with van der Waals surface area (Å²) in [6.45, 7) is 3.41. The van der Waals surface area contributed by atoms with Crippen molar-refractivity contribution in [1.29, 1.82) is 0 Å². The Hall–Kier alpha value is -3.19. The molecule has 1 N–H and O–H groups in total. The van der Waals surface area contributed by atoms with Gasteiger partial charge >= 0.3 is 5.97 Å². The van der Waals surface area contributed by atoms with E-state index < -0.39 is 11.9 Å². The molecule has 0 atom stereocenters. The van der Waals surface area contributed by atoms with Crippen LogP contribution in [-0.2, 0) is 9.53 Å². The number of hydrogen-bond donors (Lipinski definition) is 1. The first-order valence-corrected chi connectivity index (χ1v) is 9.48. The Morgan fingerprint density at radius 2 is 1.86 bits per heavy atom. The number of nitrogens with zero attached hydrogens (tertiary/aromatic N) is 1. The van der Waals surface area contributed by atoms with Gasteiger partial charge in [0, 0.05) is 10.9 Å². The van der Waals surface area contributed by atoms with Crippen LogP contribution in [0, 0.1) is 13.8 Å². The Balaban J connectivity index is 1.56. The number of anilines is 1.